The summed E-state index contributed by atoms with van der Waals surface area (Å²) in [5, 5.41) is 20.0. The van der Waals surface area contributed by atoms with E-state index in [2.05, 4.69) is 25.4 Å². The second-order valence-corrected chi connectivity index (χ2v) is 7.52. The van der Waals surface area contributed by atoms with Crippen LogP contribution in [0.25, 0.3) is 11.0 Å². The van der Waals surface area contributed by atoms with Crippen LogP contribution in [0.15, 0.2) is 30.6 Å². The highest BCUT2D eigenvalue weighted by atomic mass is 19.1. The number of halogens is 1. The van der Waals surface area contributed by atoms with Gasteiger partial charge in [-0.3, -0.25) is 0 Å². The lowest BCUT2D eigenvalue weighted by Gasteiger charge is -2.34. The topological polar surface area (TPSA) is 99.8 Å². The Morgan fingerprint density at radius 1 is 1.17 bits per heavy atom. The van der Waals surface area contributed by atoms with Gasteiger partial charge in [-0.2, -0.15) is 15.5 Å². The van der Waals surface area contributed by atoms with Crippen LogP contribution in [0.5, 0.6) is 5.75 Å². The van der Waals surface area contributed by atoms with Crippen LogP contribution in [0.2, 0.25) is 0 Å². The number of nitrogens with zero attached hydrogens (tertiary/aromatic N) is 6. The van der Waals surface area contributed by atoms with Gasteiger partial charge < -0.3 is 15.0 Å². The molecule has 0 saturated carbocycles. The molecule has 0 atom stereocenters. The molecule has 1 aliphatic heterocycles. The highest BCUT2D eigenvalue weighted by molar-refractivity contribution is 5.79. The van der Waals surface area contributed by atoms with E-state index in [1.165, 1.54) is 12.1 Å². The van der Waals surface area contributed by atoms with E-state index >= 15 is 0 Å². The van der Waals surface area contributed by atoms with E-state index in [1.807, 2.05) is 19.9 Å². The normalized spacial score (nSPS) is 14.7. The predicted molar refractivity (Wildman–Crippen MR) is 111 cm³/mol. The van der Waals surface area contributed by atoms with Crippen molar-refractivity contribution < 1.29 is 9.13 Å². The van der Waals surface area contributed by atoms with Crippen LogP contribution in [0.4, 0.5) is 16.0 Å². The molecule has 3 heterocycles. The van der Waals surface area contributed by atoms with Crippen molar-refractivity contribution in [1.29, 1.82) is 5.26 Å². The minimum absolute atomic E-state index is 0.107. The van der Waals surface area contributed by atoms with Gasteiger partial charge in [0.2, 0.25) is 0 Å². The summed E-state index contributed by atoms with van der Waals surface area (Å²) >= 11 is 0. The fraction of sp³-hybridized carbons (Fsp3) is 0.381. The zero-order valence-corrected chi connectivity index (χ0v) is 16.8. The Bertz CT molecular complexity index is 1090. The Balaban J connectivity index is 1.49. The van der Waals surface area contributed by atoms with Crippen molar-refractivity contribution >= 4 is 22.7 Å². The second kappa shape index (κ2) is 8.45. The molecule has 0 unspecified atom stereocenters. The molecule has 9 heteroatoms. The van der Waals surface area contributed by atoms with E-state index in [9.17, 15) is 4.39 Å². The summed E-state index contributed by atoms with van der Waals surface area (Å²) in [7, 11) is 0. The zero-order chi connectivity index (χ0) is 21.1. The third kappa shape index (κ3) is 4.22. The summed E-state index contributed by atoms with van der Waals surface area (Å²) in [5.74, 6) is 1.15. The first kappa shape index (κ1) is 19.8. The maximum atomic E-state index is 14.1. The summed E-state index contributed by atoms with van der Waals surface area (Å²) < 4.78 is 20.0. The van der Waals surface area contributed by atoms with Crippen LogP contribution in [-0.4, -0.2) is 45.4 Å². The van der Waals surface area contributed by atoms with Crippen LogP contribution in [0, 0.1) is 17.1 Å². The molecular weight excluding hydrogens is 385 g/mol. The lowest BCUT2D eigenvalue weighted by atomic mass is 10.1. The molecule has 1 aromatic carbocycles. The number of piperidine rings is 1. The highest BCUT2D eigenvalue weighted by Crippen LogP contribution is 2.29. The third-order valence-corrected chi connectivity index (χ3v) is 4.88. The predicted octanol–water partition coefficient (Wildman–Crippen LogP) is 3.30. The average molecular weight is 407 g/mol. The van der Waals surface area contributed by atoms with Crippen molar-refractivity contribution in [3.63, 3.8) is 0 Å². The van der Waals surface area contributed by atoms with Crippen molar-refractivity contribution in [2.24, 2.45) is 0 Å². The minimum atomic E-state index is -0.513. The smallest absolute Gasteiger partial charge is 0.172 e. The Labute approximate surface area is 173 Å². The molecule has 3 aromatic rings. The first-order valence-corrected chi connectivity index (χ1v) is 9.89. The number of hydrogen-bond donors (Lipinski definition) is 1. The number of nitrogens with one attached hydrogen (secondary N) is 1. The van der Waals surface area contributed by atoms with Crippen LogP contribution in [0.3, 0.4) is 0 Å². The monoisotopic (exact) mass is 407 g/mol. The van der Waals surface area contributed by atoms with Gasteiger partial charge in [0, 0.05) is 32.0 Å². The summed E-state index contributed by atoms with van der Waals surface area (Å²) in [5.41, 5.74) is 1.65. The average Bonchev–Trinajstić information content (AvgIpc) is 2.75. The van der Waals surface area contributed by atoms with Gasteiger partial charge in [0.05, 0.1) is 24.0 Å². The number of aromatic nitrogens is 4. The lowest BCUT2D eigenvalue weighted by molar-refractivity contribution is 0.163. The van der Waals surface area contributed by atoms with Crippen molar-refractivity contribution in [2.75, 3.05) is 23.3 Å². The first-order valence-electron chi connectivity index (χ1n) is 9.89. The van der Waals surface area contributed by atoms with Crippen LogP contribution >= 0.6 is 0 Å². The van der Waals surface area contributed by atoms with Gasteiger partial charge in [0.1, 0.15) is 17.1 Å². The number of anilines is 2. The number of benzene rings is 1. The van der Waals surface area contributed by atoms with Gasteiger partial charge >= 0.3 is 0 Å². The van der Waals surface area contributed by atoms with E-state index in [0.717, 1.165) is 18.7 Å². The van der Waals surface area contributed by atoms with Crippen LogP contribution in [-0.2, 0) is 0 Å². The Morgan fingerprint density at radius 2 is 1.87 bits per heavy atom. The molecule has 154 valence electrons. The Morgan fingerprint density at radius 3 is 2.50 bits per heavy atom. The summed E-state index contributed by atoms with van der Waals surface area (Å²) in [6.07, 6.45) is 4.53. The van der Waals surface area contributed by atoms with Gasteiger partial charge in [-0.25, -0.2) is 14.4 Å². The van der Waals surface area contributed by atoms with Crippen molar-refractivity contribution in [3.05, 3.63) is 42.0 Å². The summed E-state index contributed by atoms with van der Waals surface area (Å²) in [6.45, 7) is 5.50. The van der Waals surface area contributed by atoms with Gasteiger partial charge in [0.25, 0.3) is 0 Å². The molecule has 2 aromatic heterocycles. The second-order valence-electron chi connectivity index (χ2n) is 7.52. The number of rotatable bonds is 5. The van der Waals surface area contributed by atoms with Crippen molar-refractivity contribution in [2.45, 2.75) is 38.8 Å². The number of ether oxygens (including phenoxy) is 1. The van der Waals surface area contributed by atoms with Gasteiger partial charge in [-0.15, -0.1) is 0 Å². The Kier molecular flexibility index (Phi) is 5.57. The quantitative estimate of drug-likeness (QED) is 0.688. The zero-order valence-electron chi connectivity index (χ0n) is 16.8. The molecule has 8 nitrogen and oxygen atoms in total. The molecule has 4 rings (SSSR count). The molecule has 0 amide bonds. The maximum Gasteiger partial charge on any atom is 0.172 e. The summed E-state index contributed by atoms with van der Waals surface area (Å²) in [4.78, 5) is 11.6. The molecule has 1 N–H and O–H groups in total. The largest absolute Gasteiger partial charge is 0.487 e. The SMILES string of the molecule is CC(C)Nc1nc2cnncc2nc1N1CCC(Oc2ccc(C#N)cc2F)CC1. The molecule has 30 heavy (non-hydrogen) atoms. The van der Waals surface area contributed by atoms with Crippen LogP contribution in [0.1, 0.15) is 32.3 Å². The van der Waals surface area contributed by atoms with E-state index in [0.29, 0.717) is 29.9 Å². The van der Waals surface area contributed by atoms with Crippen molar-refractivity contribution in [1.82, 2.24) is 20.2 Å². The number of hydrogen-bond acceptors (Lipinski definition) is 8. The van der Waals surface area contributed by atoms with Crippen molar-refractivity contribution in [3.8, 4) is 11.8 Å². The van der Waals surface area contributed by atoms with Crippen LogP contribution < -0.4 is 15.0 Å². The molecule has 0 radical (unpaired) electrons. The molecule has 1 fully saturated rings. The highest BCUT2D eigenvalue weighted by Gasteiger charge is 2.25. The lowest BCUT2D eigenvalue weighted by Crippen LogP contribution is -2.39. The number of nitriles is 1. The van der Waals surface area contributed by atoms with Gasteiger partial charge in [-0.1, -0.05) is 0 Å². The summed E-state index contributed by atoms with van der Waals surface area (Å²) in [6, 6.07) is 6.40. The van der Waals surface area contributed by atoms with Gasteiger partial charge in [-0.05, 0) is 32.0 Å². The first-order chi connectivity index (χ1) is 14.5. The van der Waals surface area contributed by atoms with E-state index < -0.39 is 5.82 Å². The standard InChI is InChI=1S/C21H22FN7O/c1-13(2)26-20-21(28-18-12-25-24-11-17(18)27-20)29-7-5-15(6-8-29)30-19-4-3-14(10-23)9-16(19)22/h3-4,9,11-13,15H,5-8H2,1-2H3,(H,26,27). The molecule has 0 bridgehead atoms. The minimum Gasteiger partial charge on any atom is -0.487 e. The van der Waals surface area contributed by atoms with Gasteiger partial charge in [0.15, 0.2) is 23.2 Å². The maximum absolute atomic E-state index is 14.1. The molecule has 0 spiro atoms. The molecule has 1 aliphatic rings. The Hall–Kier alpha value is -3.54. The van der Waals surface area contributed by atoms with E-state index in [1.54, 1.807) is 18.5 Å². The van der Waals surface area contributed by atoms with E-state index in [4.69, 9.17) is 15.0 Å². The number of fused-ring (bicyclic) bond motifs is 1. The molecule has 0 aliphatic carbocycles. The molecular formula is C21H22FN7O. The molecule has 1 saturated heterocycles. The third-order valence-electron chi connectivity index (χ3n) is 4.88. The fourth-order valence-electron chi connectivity index (χ4n) is 3.44. The van der Waals surface area contributed by atoms with E-state index in [-0.39, 0.29) is 23.5 Å². The fourth-order valence-corrected chi connectivity index (χ4v) is 3.44.